The van der Waals surface area contributed by atoms with Crippen LogP contribution in [0.2, 0.25) is 0 Å². The maximum absolute atomic E-state index is 5.19. The number of ether oxygens (including phenoxy) is 1. The number of hydrogen-bond donors (Lipinski definition) is 1. The summed E-state index contributed by atoms with van der Waals surface area (Å²) >= 11 is 3.57. The Labute approximate surface area is 129 Å². The van der Waals surface area contributed by atoms with E-state index in [0.717, 1.165) is 16.6 Å². The summed E-state index contributed by atoms with van der Waals surface area (Å²) in [5, 5.41) is 3.40. The Kier molecular flexibility index (Phi) is 5.21. The Morgan fingerprint density at radius 3 is 2.40 bits per heavy atom. The van der Waals surface area contributed by atoms with Gasteiger partial charge < -0.3 is 10.1 Å². The highest BCUT2D eigenvalue weighted by atomic mass is 79.9. The molecule has 1 unspecified atom stereocenters. The minimum atomic E-state index is 0.305. The molecule has 2 nitrogen and oxygen atoms in total. The van der Waals surface area contributed by atoms with Crippen molar-refractivity contribution in [3.8, 4) is 5.75 Å². The summed E-state index contributed by atoms with van der Waals surface area (Å²) in [7, 11) is 3.69. The van der Waals surface area contributed by atoms with E-state index in [9.17, 15) is 0 Å². The van der Waals surface area contributed by atoms with Crippen molar-refractivity contribution in [2.45, 2.75) is 19.4 Å². The van der Waals surface area contributed by atoms with Crippen molar-refractivity contribution in [1.82, 2.24) is 5.32 Å². The molecule has 20 heavy (non-hydrogen) atoms. The van der Waals surface area contributed by atoms with Gasteiger partial charge in [0.1, 0.15) is 5.75 Å². The molecule has 2 aromatic rings. The van der Waals surface area contributed by atoms with Crippen molar-refractivity contribution < 1.29 is 4.74 Å². The maximum Gasteiger partial charge on any atom is 0.118 e. The van der Waals surface area contributed by atoms with E-state index in [1.54, 1.807) is 7.11 Å². The summed E-state index contributed by atoms with van der Waals surface area (Å²) in [4.78, 5) is 0. The summed E-state index contributed by atoms with van der Waals surface area (Å²) in [6.45, 7) is 2.12. The highest BCUT2D eigenvalue weighted by Gasteiger charge is 2.11. The standard InChI is InChI=1S/C17H20BrNO/c1-12-8-14(11-15(18)9-12)17(19-2)10-13-4-6-16(20-3)7-5-13/h4-9,11,17,19H,10H2,1-3H3. The lowest BCUT2D eigenvalue weighted by molar-refractivity contribution is 0.414. The van der Waals surface area contributed by atoms with Gasteiger partial charge in [-0.1, -0.05) is 34.1 Å². The van der Waals surface area contributed by atoms with Gasteiger partial charge in [0.15, 0.2) is 0 Å². The quantitative estimate of drug-likeness (QED) is 0.882. The van der Waals surface area contributed by atoms with Crippen molar-refractivity contribution in [3.05, 3.63) is 63.6 Å². The molecule has 0 spiro atoms. The van der Waals surface area contributed by atoms with E-state index in [4.69, 9.17) is 4.74 Å². The highest BCUT2D eigenvalue weighted by Crippen LogP contribution is 2.24. The van der Waals surface area contributed by atoms with Crippen LogP contribution in [-0.2, 0) is 6.42 Å². The van der Waals surface area contributed by atoms with Gasteiger partial charge in [-0.05, 0) is 61.3 Å². The summed E-state index contributed by atoms with van der Waals surface area (Å²) < 4.78 is 6.32. The predicted molar refractivity (Wildman–Crippen MR) is 87.4 cm³/mol. The molecule has 0 aromatic heterocycles. The van der Waals surface area contributed by atoms with Gasteiger partial charge in [0.05, 0.1) is 7.11 Å². The zero-order valence-electron chi connectivity index (χ0n) is 12.1. The van der Waals surface area contributed by atoms with E-state index in [2.05, 4.69) is 58.5 Å². The van der Waals surface area contributed by atoms with E-state index < -0.39 is 0 Å². The number of nitrogens with one attached hydrogen (secondary N) is 1. The fraction of sp³-hybridized carbons (Fsp3) is 0.294. The molecule has 0 saturated carbocycles. The number of hydrogen-bond acceptors (Lipinski definition) is 2. The van der Waals surface area contributed by atoms with Crippen LogP contribution in [0.1, 0.15) is 22.7 Å². The Hall–Kier alpha value is -1.32. The Morgan fingerprint density at radius 2 is 1.85 bits per heavy atom. The van der Waals surface area contributed by atoms with Crippen LogP contribution in [0.25, 0.3) is 0 Å². The number of aryl methyl sites for hydroxylation is 1. The van der Waals surface area contributed by atoms with Crippen LogP contribution in [0.15, 0.2) is 46.9 Å². The van der Waals surface area contributed by atoms with Crippen LogP contribution in [0.5, 0.6) is 5.75 Å². The first kappa shape index (κ1) is 15.1. The van der Waals surface area contributed by atoms with Crippen LogP contribution < -0.4 is 10.1 Å². The maximum atomic E-state index is 5.19. The molecule has 0 saturated heterocycles. The lowest BCUT2D eigenvalue weighted by Crippen LogP contribution is -2.19. The van der Waals surface area contributed by atoms with Gasteiger partial charge >= 0.3 is 0 Å². The van der Waals surface area contributed by atoms with Gasteiger partial charge in [0.25, 0.3) is 0 Å². The Bertz CT molecular complexity index is 545. The number of rotatable bonds is 5. The monoisotopic (exact) mass is 333 g/mol. The molecule has 0 fully saturated rings. The van der Waals surface area contributed by atoms with E-state index in [0.29, 0.717) is 6.04 Å². The molecule has 0 aliphatic heterocycles. The molecule has 0 amide bonds. The van der Waals surface area contributed by atoms with Crippen LogP contribution in [0, 0.1) is 6.92 Å². The second-order valence-electron chi connectivity index (χ2n) is 4.96. The summed E-state index contributed by atoms with van der Waals surface area (Å²) in [5.41, 5.74) is 3.86. The predicted octanol–water partition coefficient (Wildman–Crippen LogP) is 4.27. The van der Waals surface area contributed by atoms with Crippen LogP contribution >= 0.6 is 15.9 Å². The molecule has 2 aromatic carbocycles. The molecule has 1 N–H and O–H groups in total. The smallest absolute Gasteiger partial charge is 0.118 e. The normalized spacial score (nSPS) is 12.2. The molecule has 0 heterocycles. The lowest BCUT2D eigenvalue weighted by Gasteiger charge is -2.18. The molecular formula is C17H20BrNO. The van der Waals surface area contributed by atoms with Crippen LogP contribution in [0.3, 0.4) is 0 Å². The fourth-order valence-electron chi connectivity index (χ4n) is 2.35. The highest BCUT2D eigenvalue weighted by molar-refractivity contribution is 9.10. The first-order chi connectivity index (χ1) is 9.62. The Balaban J connectivity index is 2.19. The Morgan fingerprint density at radius 1 is 1.15 bits per heavy atom. The van der Waals surface area contributed by atoms with E-state index >= 15 is 0 Å². The molecule has 2 rings (SSSR count). The first-order valence-corrected chi connectivity index (χ1v) is 7.49. The van der Waals surface area contributed by atoms with Crippen LogP contribution in [-0.4, -0.2) is 14.2 Å². The molecule has 0 bridgehead atoms. The average Bonchev–Trinajstić information content (AvgIpc) is 2.44. The second-order valence-corrected chi connectivity index (χ2v) is 5.87. The summed E-state index contributed by atoms with van der Waals surface area (Å²) in [5.74, 6) is 0.896. The number of methoxy groups -OCH3 is 1. The summed E-state index contributed by atoms with van der Waals surface area (Å²) in [6.07, 6.45) is 0.955. The van der Waals surface area contributed by atoms with Gasteiger partial charge in [-0.25, -0.2) is 0 Å². The minimum absolute atomic E-state index is 0.305. The molecule has 106 valence electrons. The lowest BCUT2D eigenvalue weighted by atomic mass is 9.98. The zero-order valence-corrected chi connectivity index (χ0v) is 13.7. The van der Waals surface area contributed by atoms with Crippen molar-refractivity contribution in [2.24, 2.45) is 0 Å². The topological polar surface area (TPSA) is 21.3 Å². The summed E-state index contributed by atoms with van der Waals surface area (Å²) in [6, 6.07) is 15.1. The minimum Gasteiger partial charge on any atom is -0.497 e. The van der Waals surface area contributed by atoms with Gasteiger partial charge in [0.2, 0.25) is 0 Å². The molecule has 1 atom stereocenters. The molecule has 0 aliphatic rings. The third-order valence-electron chi connectivity index (χ3n) is 3.41. The molecular weight excluding hydrogens is 314 g/mol. The van der Waals surface area contributed by atoms with Crippen molar-refractivity contribution >= 4 is 15.9 Å². The first-order valence-electron chi connectivity index (χ1n) is 6.69. The number of benzene rings is 2. The van der Waals surface area contributed by atoms with Crippen LogP contribution in [0.4, 0.5) is 0 Å². The zero-order chi connectivity index (χ0) is 14.5. The number of likely N-dealkylation sites (N-methyl/N-ethyl adjacent to an activating group) is 1. The fourth-order valence-corrected chi connectivity index (χ4v) is 2.98. The average molecular weight is 334 g/mol. The second kappa shape index (κ2) is 6.91. The molecule has 0 radical (unpaired) electrons. The van der Waals surface area contributed by atoms with Crippen molar-refractivity contribution in [2.75, 3.05) is 14.2 Å². The van der Waals surface area contributed by atoms with Gasteiger partial charge in [-0.2, -0.15) is 0 Å². The van der Waals surface area contributed by atoms with E-state index in [1.807, 2.05) is 19.2 Å². The third-order valence-corrected chi connectivity index (χ3v) is 3.87. The number of halogens is 1. The van der Waals surface area contributed by atoms with Gasteiger partial charge in [-0.3, -0.25) is 0 Å². The molecule has 3 heteroatoms. The van der Waals surface area contributed by atoms with Gasteiger partial charge in [0, 0.05) is 10.5 Å². The van der Waals surface area contributed by atoms with Gasteiger partial charge in [-0.15, -0.1) is 0 Å². The van der Waals surface area contributed by atoms with Crippen molar-refractivity contribution in [1.29, 1.82) is 0 Å². The van der Waals surface area contributed by atoms with Crippen molar-refractivity contribution in [3.63, 3.8) is 0 Å². The molecule has 0 aliphatic carbocycles. The third kappa shape index (κ3) is 3.84. The van der Waals surface area contributed by atoms with E-state index in [-0.39, 0.29) is 0 Å². The SMILES string of the molecule is CNC(Cc1ccc(OC)cc1)c1cc(C)cc(Br)c1. The van der Waals surface area contributed by atoms with E-state index in [1.165, 1.54) is 16.7 Å². The largest absolute Gasteiger partial charge is 0.497 e.